The Morgan fingerprint density at radius 3 is 3.07 bits per heavy atom. The van der Waals surface area contributed by atoms with Crippen LogP contribution < -0.4 is 5.73 Å². The summed E-state index contributed by atoms with van der Waals surface area (Å²) < 4.78 is 4.89. The number of rotatable bonds is 2. The lowest BCUT2D eigenvalue weighted by Crippen LogP contribution is -2.29. The summed E-state index contributed by atoms with van der Waals surface area (Å²) in [7, 11) is 0. The van der Waals surface area contributed by atoms with E-state index in [2.05, 4.69) is 0 Å². The minimum Gasteiger partial charge on any atom is -0.452 e. The standard InChI is InChI=1S/C10H13ClN2O2/c11-9-8(2-4-15-9)10(14)13-3-1-7(5-12)6-13/h2,4,7H,1,3,5-6,12H2. The van der Waals surface area contributed by atoms with E-state index in [1.165, 1.54) is 6.26 Å². The topological polar surface area (TPSA) is 59.5 Å². The van der Waals surface area contributed by atoms with Crippen molar-refractivity contribution < 1.29 is 9.21 Å². The number of amides is 1. The second kappa shape index (κ2) is 4.24. The first-order chi connectivity index (χ1) is 7.22. The minimum absolute atomic E-state index is 0.0651. The molecule has 0 aliphatic carbocycles. The molecule has 15 heavy (non-hydrogen) atoms. The SMILES string of the molecule is NCC1CCN(C(=O)c2ccoc2Cl)C1. The van der Waals surface area contributed by atoms with Crippen molar-refractivity contribution in [1.29, 1.82) is 0 Å². The number of carbonyl (C=O) groups is 1. The lowest BCUT2D eigenvalue weighted by molar-refractivity contribution is 0.0787. The highest BCUT2D eigenvalue weighted by molar-refractivity contribution is 6.32. The van der Waals surface area contributed by atoms with E-state index in [-0.39, 0.29) is 11.1 Å². The maximum atomic E-state index is 11.9. The fourth-order valence-corrected chi connectivity index (χ4v) is 2.02. The van der Waals surface area contributed by atoms with Gasteiger partial charge in [0, 0.05) is 13.1 Å². The van der Waals surface area contributed by atoms with Crippen molar-refractivity contribution in [3.8, 4) is 0 Å². The van der Waals surface area contributed by atoms with Crippen molar-refractivity contribution in [3.05, 3.63) is 23.1 Å². The lowest BCUT2D eigenvalue weighted by Gasteiger charge is -2.15. The molecule has 0 aromatic carbocycles. The monoisotopic (exact) mass is 228 g/mol. The van der Waals surface area contributed by atoms with E-state index in [0.29, 0.717) is 18.0 Å². The summed E-state index contributed by atoms with van der Waals surface area (Å²) >= 11 is 5.74. The van der Waals surface area contributed by atoms with Gasteiger partial charge in [-0.1, -0.05) is 0 Å². The normalized spacial score (nSPS) is 20.9. The van der Waals surface area contributed by atoms with E-state index in [4.69, 9.17) is 21.8 Å². The molecule has 1 amide bonds. The maximum absolute atomic E-state index is 11.9. The quantitative estimate of drug-likeness (QED) is 0.832. The molecule has 1 fully saturated rings. The van der Waals surface area contributed by atoms with Crippen LogP contribution in [0.2, 0.25) is 5.22 Å². The number of furan rings is 1. The molecule has 0 radical (unpaired) electrons. The predicted molar refractivity (Wildman–Crippen MR) is 56.8 cm³/mol. The second-order valence-electron chi connectivity index (χ2n) is 3.75. The van der Waals surface area contributed by atoms with Crippen LogP contribution in [0.25, 0.3) is 0 Å². The zero-order valence-corrected chi connectivity index (χ0v) is 9.04. The van der Waals surface area contributed by atoms with E-state index in [1.807, 2.05) is 0 Å². The molecule has 0 saturated carbocycles. The summed E-state index contributed by atoms with van der Waals surface area (Å²) in [5, 5.41) is 0.163. The van der Waals surface area contributed by atoms with E-state index >= 15 is 0 Å². The fourth-order valence-electron chi connectivity index (χ4n) is 1.83. The van der Waals surface area contributed by atoms with E-state index in [1.54, 1.807) is 11.0 Å². The van der Waals surface area contributed by atoms with Crippen LogP contribution in [0.3, 0.4) is 0 Å². The third-order valence-electron chi connectivity index (χ3n) is 2.75. The van der Waals surface area contributed by atoms with Crippen molar-refractivity contribution in [3.63, 3.8) is 0 Å². The van der Waals surface area contributed by atoms with Gasteiger partial charge < -0.3 is 15.1 Å². The summed E-state index contributed by atoms with van der Waals surface area (Å²) in [6, 6.07) is 1.60. The zero-order valence-electron chi connectivity index (χ0n) is 8.28. The van der Waals surface area contributed by atoms with Crippen molar-refractivity contribution in [2.24, 2.45) is 11.7 Å². The van der Waals surface area contributed by atoms with Gasteiger partial charge in [-0.2, -0.15) is 0 Å². The number of halogens is 1. The molecule has 0 bridgehead atoms. The molecule has 1 aromatic rings. The van der Waals surface area contributed by atoms with Crippen LogP contribution in [0.1, 0.15) is 16.8 Å². The number of nitrogens with zero attached hydrogens (tertiary/aromatic N) is 1. The minimum atomic E-state index is -0.0651. The Morgan fingerprint density at radius 2 is 2.53 bits per heavy atom. The summed E-state index contributed by atoms with van der Waals surface area (Å²) in [6.45, 7) is 2.10. The molecule has 5 heteroatoms. The van der Waals surface area contributed by atoms with Crippen LogP contribution in [-0.4, -0.2) is 30.4 Å². The Hall–Kier alpha value is -1.00. The average molecular weight is 229 g/mol. The van der Waals surface area contributed by atoms with Crippen LogP contribution in [0.4, 0.5) is 0 Å². The van der Waals surface area contributed by atoms with Crippen molar-refractivity contribution in [2.75, 3.05) is 19.6 Å². The molecule has 2 heterocycles. The largest absolute Gasteiger partial charge is 0.452 e. The molecule has 1 aromatic heterocycles. The first-order valence-corrected chi connectivity index (χ1v) is 5.32. The summed E-state index contributed by atoms with van der Waals surface area (Å²) in [4.78, 5) is 13.7. The highest BCUT2D eigenvalue weighted by Gasteiger charge is 2.27. The van der Waals surface area contributed by atoms with Crippen LogP contribution in [0.5, 0.6) is 0 Å². The second-order valence-corrected chi connectivity index (χ2v) is 4.09. The summed E-state index contributed by atoms with van der Waals surface area (Å²) in [6.07, 6.45) is 2.39. The first kappa shape index (κ1) is 10.5. The van der Waals surface area contributed by atoms with Gasteiger partial charge in [0.15, 0.2) is 0 Å². The van der Waals surface area contributed by atoms with Crippen molar-refractivity contribution in [1.82, 2.24) is 4.90 Å². The third kappa shape index (κ3) is 2.01. The molecule has 1 saturated heterocycles. The molecule has 2 rings (SSSR count). The molecule has 1 atom stereocenters. The molecule has 4 nitrogen and oxygen atoms in total. The highest BCUT2D eigenvalue weighted by atomic mass is 35.5. The third-order valence-corrected chi connectivity index (χ3v) is 3.05. The van der Waals surface area contributed by atoms with Crippen LogP contribution >= 0.6 is 11.6 Å². The Labute approximate surface area is 93.0 Å². The van der Waals surface area contributed by atoms with E-state index in [9.17, 15) is 4.79 Å². The molecule has 1 aliphatic rings. The van der Waals surface area contributed by atoms with Crippen LogP contribution in [0.15, 0.2) is 16.7 Å². The van der Waals surface area contributed by atoms with E-state index in [0.717, 1.165) is 19.5 Å². The Morgan fingerprint density at radius 1 is 1.73 bits per heavy atom. The van der Waals surface area contributed by atoms with Crippen LogP contribution in [-0.2, 0) is 0 Å². The van der Waals surface area contributed by atoms with E-state index < -0.39 is 0 Å². The van der Waals surface area contributed by atoms with Gasteiger partial charge in [-0.15, -0.1) is 0 Å². The Balaban J connectivity index is 2.07. The number of hydrogen-bond donors (Lipinski definition) is 1. The zero-order chi connectivity index (χ0) is 10.8. The van der Waals surface area contributed by atoms with Gasteiger partial charge in [-0.3, -0.25) is 4.79 Å². The van der Waals surface area contributed by atoms with Crippen molar-refractivity contribution in [2.45, 2.75) is 6.42 Å². The molecular formula is C10H13ClN2O2. The number of likely N-dealkylation sites (tertiary alicyclic amines) is 1. The predicted octanol–water partition coefficient (Wildman–Crippen LogP) is 1.35. The van der Waals surface area contributed by atoms with Gasteiger partial charge in [0.1, 0.15) is 0 Å². The van der Waals surface area contributed by atoms with Gasteiger partial charge in [-0.05, 0) is 36.6 Å². The average Bonchev–Trinajstić information content (AvgIpc) is 2.84. The number of hydrogen-bond acceptors (Lipinski definition) is 3. The smallest absolute Gasteiger partial charge is 0.258 e. The first-order valence-electron chi connectivity index (χ1n) is 4.94. The van der Waals surface area contributed by atoms with Crippen molar-refractivity contribution >= 4 is 17.5 Å². The molecule has 0 spiro atoms. The molecule has 2 N–H and O–H groups in total. The summed E-state index contributed by atoms with van der Waals surface area (Å²) in [5.41, 5.74) is 6.00. The fraction of sp³-hybridized carbons (Fsp3) is 0.500. The van der Waals surface area contributed by atoms with Gasteiger partial charge in [0.25, 0.3) is 5.91 Å². The number of carbonyl (C=O) groups excluding carboxylic acids is 1. The lowest BCUT2D eigenvalue weighted by atomic mass is 10.1. The van der Waals surface area contributed by atoms with Gasteiger partial charge in [-0.25, -0.2) is 0 Å². The molecule has 1 unspecified atom stereocenters. The Kier molecular flexibility index (Phi) is 2.98. The molecule has 1 aliphatic heterocycles. The molecule has 82 valence electrons. The molecular weight excluding hydrogens is 216 g/mol. The highest BCUT2D eigenvalue weighted by Crippen LogP contribution is 2.22. The summed E-state index contributed by atoms with van der Waals surface area (Å²) in [5.74, 6) is 0.351. The van der Waals surface area contributed by atoms with Crippen LogP contribution in [0, 0.1) is 5.92 Å². The number of nitrogens with two attached hydrogens (primary N) is 1. The van der Waals surface area contributed by atoms with Gasteiger partial charge in [0.2, 0.25) is 5.22 Å². The maximum Gasteiger partial charge on any atom is 0.258 e. The van der Waals surface area contributed by atoms with Gasteiger partial charge >= 0.3 is 0 Å². The van der Waals surface area contributed by atoms with Gasteiger partial charge in [0.05, 0.1) is 11.8 Å². The Bertz CT molecular complexity index is 364.